The molecule has 3 N–H and O–H groups in total. The molecule has 0 atom stereocenters. The van der Waals surface area contributed by atoms with E-state index >= 15 is 0 Å². The van der Waals surface area contributed by atoms with Crippen molar-refractivity contribution in [3.8, 4) is 0 Å². The summed E-state index contributed by atoms with van der Waals surface area (Å²) in [5.41, 5.74) is 1.32. The Labute approximate surface area is 155 Å². The lowest BCUT2D eigenvalue weighted by molar-refractivity contribution is -0.137. The Balaban J connectivity index is 2.11. The lowest BCUT2D eigenvalue weighted by atomic mass is 10.1. The Hall–Kier alpha value is -3.03. The molecule has 2 aromatic carbocycles. The van der Waals surface area contributed by atoms with Gasteiger partial charge in [0, 0.05) is 24.0 Å². The highest BCUT2D eigenvalue weighted by Crippen LogP contribution is 2.36. The zero-order valence-corrected chi connectivity index (χ0v) is 15.1. The van der Waals surface area contributed by atoms with Gasteiger partial charge in [-0.2, -0.15) is 13.2 Å². The maximum absolute atomic E-state index is 13.3. The summed E-state index contributed by atoms with van der Waals surface area (Å²) in [5.74, 6) is -0.947. The summed E-state index contributed by atoms with van der Waals surface area (Å²) >= 11 is 0. The molecular weight excluding hydrogens is 359 g/mol. The summed E-state index contributed by atoms with van der Waals surface area (Å²) < 4.78 is 39.8. The van der Waals surface area contributed by atoms with Gasteiger partial charge in [-0.15, -0.1) is 0 Å². The molecule has 0 radical (unpaired) electrons. The highest BCUT2D eigenvalue weighted by Gasteiger charge is 2.34. The molecular formula is C19H20F3N3O2. The first-order valence-corrected chi connectivity index (χ1v) is 8.16. The average Bonchev–Trinajstić information content (AvgIpc) is 2.55. The van der Waals surface area contributed by atoms with Crippen LogP contribution in [0.4, 0.5) is 30.2 Å². The number of hydrogen-bond donors (Lipinski definition) is 3. The second-order valence-electron chi connectivity index (χ2n) is 6.16. The molecule has 0 unspecified atom stereocenters. The molecule has 0 aliphatic carbocycles. The Bertz CT molecular complexity index is 864. The minimum absolute atomic E-state index is 0.0279. The molecule has 0 saturated heterocycles. The molecule has 0 spiro atoms. The van der Waals surface area contributed by atoms with Gasteiger partial charge in [0.15, 0.2) is 0 Å². The molecule has 0 aliphatic heterocycles. The molecule has 0 bridgehead atoms. The number of amides is 2. The third kappa shape index (κ3) is 5.73. The van der Waals surface area contributed by atoms with Crippen LogP contribution in [0.2, 0.25) is 0 Å². The summed E-state index contributed by atoms with van der Waals surface area (Å²) in [7, 11) is 0. The van der Waals surface area contributed by atoms with E-state index in [1.165, 1.54) is 19.1 Å². The monoisotopic (exact) mass is 379 g/mol. The minimum Gasteiger partial charge on any atom is -0.376 e. The number of rotatable bonds is 5. The van der Waals surface area contributed by atoms with Crippen molar-refractivity contribution in [2.75, 3.05) is 22.5 Å². The van der Waals surface area contributed by atoms with Gasteiger partial charge in [-0.05, 0) is 43.7 Å². The third-order valence-electron chi connectivity index (χ3n) is 3.74. The second kappa shape index (κ2) is 8.11. The largest absolute Gasteiger partial charge is 0.418 e. The summed E-state index contributed by atoms with van der Waals surface area (Å²) in [6, 6.07) is 8.81. The van der Waals surface area contributed by atoms with Gasteiger partial charge in [-0.25, -0.2) is 0 Å². The molecule has 0 aliphatic rings. The number of carbonyl (C=O) groups is 2. The van der Waals surface area contributed by atoms with Crippen LogP contribution in [-0.2, 0) is 15.8 Å². The summed E-state index contributed by atoms with van der Waals surface area (Å²) in [5, 5.41) is 7.48. The molecule has 0 aromatic heterocycles. The summed E-state index contributed by atoms with van der Waals surface area (Å²) in [6.07, 6.45) is -4.64. The van der Waals surface area contributed by atoms with Gasteiger partial charge in [-0.1, -0.05) is 17.7 Å². The molecule has 144 valence electrons. The zero-order valence-electron chi connectivity index (χ0n) is 15.1. The number of benzene rings is 2. The number of anilines is 3. The molecule has 0 heterocycles. The maximum atomic E-state index is 13.3. The Morgan fingerprint density at radius 2 is 1.63 bits per heavy atom. The number of halogens is 3. The second-order valence-corrected chi connectivity index (χ2v) is 6.16. The molecule has 5 nitrogen and oxygen atoms in total. The van der Waals surface area contributed by atoms with Crippen LogP contribution in [0.25, 0.3) is 0 Å². The van der Waals surface area contributed by atoms with Crippen molar-refractivity contribution in [2.24, 2.45) is 0 Å². The van der Waals surface area contributed by atoms with Crippen LogP contribution in [-0.4, -0.2) is 18.4 Å². The standard InChI is InChI=1S/C19H20F3N3O2/c1-11-4-6-16(12(2)8-11)25-18(27)10-23-17-7-5-14(24-13(3)26)9-15(17)19(20,21)22/h4-9,23H,10H2,1-3H3,(H,24,26)(H,25,27). The molecule has 8 heteroatoms. The topological polar surface area (TPSA) is 70.2 Å². The number of nitrogens with one attached hydrogen (secondary N) is 3. The quantitative estimate of drug-likeness (QED) is 0.724. The average molecular weight is 379 g/mol. The van der Waals surface area contributed by atoms with E-state index in [9.17, 15) is 22.8 Å². The van der Waals surface area contributed by atoms with Crippen LogP contribution >= 0.6 is 0 Å². The fourth-order valence-corrected chi connectivity index (χ4v) is 2.54. The van der Waals surface area contributed by atoms with Crippen molar-refractivity contribution < 1.29 is 22.8 Å². The maximum Gasteiger partial charge on any atom is 0.418 e. The van der Waals surface area contributed by atoms with E-state index in [2.05, 4.69) is 16.0 Å². The zero-order chi connectivity index (χ0) is 20.2. The van der Waals surface area contributed by atoms with Crippen LogP contribution in [0.15, 0.2) is 36.4 Å². The first-order valence-electron chi connectivity index (χ1n) is 8.16. The van der Waals surface area contributed by atoms with Gasteiger partial charge in [0.2, 0.25) is 11.8 Å². The fourth-order valence-electron chi connectivity index (χ4n) is 2.54. The van der Waals surface area contributed by atoms with Crippen molar-refractivity contribution in [1.29, 1.82) is 0 Å². The van der Waals surface area contributed by atoms with Crippen molar-refractivity contribution in [3.63, 3.8) is 0 Å². The predicted octanol–water partition coefficient (Wildman–Crippen LogP) is 4.33. The highest BCUT2D eigenvalue weighted by atomic mass is 19.4. The van der Waals surface area contributed by atoms with E-state index in [0.717, 1.165) is 17.2 Å². The first kappa shape index (κ1) is 20.3. The summed E-state index contributed by atoms with van der Waals surface area (Å²) in [4.78, 5) is 23.1. The first-order chi connectivity index (χ1) is 12.6. The smallest absolute Gasteiger partial charge is 0.376 e. The van der Waals surface area contributed by atoms with E-state index in [-0.39, 0.29) is 17.9 Å². The van der Waals surface area contributed by atoms with Crippen molar-refractivity contribution >= 4 is 28.9 Å². The van der Waals surface area contributed by atoms with Crippen LogP contribution in [0.1, 0.15) is 23.6 Å². The van der Waals surface area contributed by atoms with Crippen LogP contribution < -0.4 is 16.0 Å². The van der Waals surface area contributed by atoms with Gasteiger partial charge in [0.1, 0.15) is 0 Å². The van der Waals surface area contributed by atoms with E-state index in [0.29, 0.717) is 5.69 Å². The fraction of sp³-hybridized carbons (Fsp3) is 0.263. The van der Waals surface area contributed by atoms with Gasteiger partial charge in [0.05, 0.1) is 12.1 Å². The molecule has 2 amide bonds. The van der Waals surface area contributed by atoms with E-state index in [4.69, 9.17) is 0 Å². The Morgan fingerprint density at radius 1 is 0.963 bits per heavy atom. The van der Waals surface area contributed by atoms with Gasteiger partial charge in [0.25, 0.3) is 0 Å². The van der Waals surface area contributed by atoms with Crippen LogP contribution in [0, 0.1) is 13.8 Å². The van der Waals surface area contributed by atoms with Gasteiger partial charge in [-0.3, -0.25) is 9.59 Å². The number of aryl methyl sites for hydroxylation is 2. The Kier molecular flexibility index (Phi) is 6.09. The third-order valence-corrected chi connectivity index (χ3v) is 3.74. The molecule has 0 saturated carbocycles. The lowest BCUT2D eigenvalue weighted by Gasteiger charge is -2.16. The summed E-state index contributed by atoms with van der Waals surface area (Å²) in [6.45, 7) is 4.62. The van der Waals surface area contributed by atoms with Gasteiger partial charge >= 0.3 is 6.18 Å². The van der Waals surface area contributed by atoms with E-state index in [1.807, 2.05) is 26.0 Å². The van der Waals surface area contributed by atoms with Crippen LogP contribution in [0.5, 0.6) is 0 Å². The Morgan fingerprint density at radius 3 is 2.22 bits per heavy atom. The van der Waals surface area contributed by atoms with E-state index < -0.39 is 23.6 Å². The predicted molar refractivity (Wildman–Crippen MR) is 98.8 cm³/mol. The molecule has 0 fully saturated rings. The molecule has 2 aromatic rings. The van der Waals surface area contributed by atoms with Crippen LogP contribution in [0.3, 0.4) is 0 Å². The van der Waals surface area contributed by atoms with E-state index in [1.54, 1.807) is 6.07 Å². The number of carbonyl (C=O) groups excluding carboxylic acids is 2. The molecule has 27 heavy (non-hydrogen) atoms. The molecule has 2 rings (SSSR count). The number of alkyl halides is 3. The SMILES string of the molecule is CC(=O)Nc1ccc(NCC(=O)Nc2ccc(C)cc2C)c(C(F)(F)F)c1. The lowest BCUT2D eigenvalue weighted by Crippen LogP contribution is -2.23. The van der Waals surface area contributed by atoms with Crippen molar-refractivity contribution in [3.05, 3.63) is 53.1 Å². The normalized spacial score (nSPS) is 11.0. The highest BCUT2D eigenvalue weighted by molar-refractivity contribution is 5.94. The van der Waals surface area contributed by atoms with Gasteiger partial charge < -0.3 is 16.0 Å². The number of hydrogen-bond acceptors (Lipinski definition) is 3. The minimum atomic E-state index is -4.64. The van der Waals surface area contributed by atoms with Crippen molar-refractivity contribution in [2.45, 2.75) is 26.9 Å². The van der Waals surface area contributed by atoms with Crippen molar-refractivity contribution in [1.82, 2.24) is 0 Å².